The molecule has 142 valence electrons. The Hall–Kier alpha value is -1.43. The maximum atomic E-state index is 13.1. The smallest absolute Gasteiger partial charge is 0.254 e. The van der Waals surface area contributed by atoms with E-state index in [2.05, 4.69) is 17.0 Å². The first kappa shape index (κ1) is 18.0. The highest BCUT2D eigenvalue weighted by molar-refractivity contribution is 5.94. The van der Waals surface area contributed by atoms with Crippen LogP contribution in [0.25, 0.3) is 0 Å². The van der Waals surface area contributed by atoms with Gasteiger partial charge in [-0.3, -0.25) is 9.69 Å². The Labute approximate surface area is 155 Å². The van der Waals surface area contributed by atoms with Crippen LogP contribution in [0.1, 0.15) is 54.4 Å². The quantitative estimate of drug-likeness (QED) is 0.898. The molecule has 1 N–H and O–H groups in total. The average molecular weight is 358 g/mol. The number of carbonyl (C=O) groups excluding carboxylic acids is 1. The highest BCUT2D eigenvalue weighted by Crippen LogP contribution is 2.42. The topological polar surface area (TPSA) is 53.0 Å². The van der Waals surface area contributed by atoms with Crippen molar-refractivity contribution in [2.45, 2.75) is 62.8 Å². The van der Waals surface area contributed by atoms with E-state index in [1.54, 1.807) is 7.11 Å². The van der Waals surface area contributed by atoms with E-state index in [4.69, 9.17) is 4.74 Å². The zero-order chi connectivity index (χ0) is 18.1. The molecular weight excluding hydrogens is 328 g/mol. The molecule has 3 atom stereocenters. The Kier molecular flexibility index (Phi) is 5.04. The van der Waals surface area contributed by atoms with Crippen molar-refractivity contribution in [2.75, 3.05) is 26.7 Å². The molecule has 26 heavy (non-hydrogen) atoms. The van der Waals surface area contributed by atoms with Gasteiger partial charge in [0.25, 0.3) is 5.91 Å². The molecule has 1 aromatic carbocycles. The first-order valence-electron chi connectivity index (χ1n) is 9.97. The number of likely N-dealkylation sites (tertiary alicyclic amines) is 2. The summed E-state index contributed by atoms with van der Waals surface area (Å²) in [6, 6.07) is 8.06. The second kappa shape index (κ2) is 7.29. The number of amides is 1. The van der Waals surface area contributed by atoms with Gasteiger partial charge < -0.3 is 14.7 Å². The first-order valence-corrected chi connectivity index (χ1v) is 9.97. The summed E-state index contributed by atoms with van der Waals surface area (Å²) >= 11 is 0. The Bertz CT molecular complexity index is 641. The van der Waals surface area contributed by atoms with Crippen molar-refractivity contribution in [1.29, 1.82) is 0 Å². The molecule has 4 rings (SSSR count). The van der Waals surface area contributed by atoms with Crippen molar-refractivity contribution in [3.63, 3.8) is 0 Å². The van der Waals surface area contributed by atoms with E-state index >= 15 is 0 Å². The molecule has 0 radical (unpaired) electrons. The van der Waals surface area contributed by atoms with Gasteiger partial charge in [0.1, 0.15) is 0 Å². The van der Waals surface area contributed by atoms with Crippen molar-refractivity contribution in [3.8, 4) is 0 Å². The molecule has 1 amide bonds. The van der Waals surface area contributed by atoms with Crippen LogP contribution >= 0.6 is 0 Å². The Morgan fingerprint density at radius 1 is 1.19 bits per heavy atom. The summed E-state index contributed by atoms with van der Waals surface area (Å²) in [5.74, 6) is 0.0655. The fraction of sp³-hybridized carbons (Fsp3) is 0.667. The van der Waals surface area contributed by atoms with Crippen molar-refractivity contribution < 1.29 is 14.6 Å². The molecule has 5 heteroatoms. The SMILES string of the molecule is CO[C@]12CC[C@H](O)C[C@H]1N(C(=O)c1ccc(CN3CCCC3)cc1)CC2. The van der Waals surface area contributed by atoms with Crippen molar-refractivity contribution >= 4 is 5.91 Å². The lowest BCUT2D eigenvalue weighted by molar-refractivity contribution is -0.0824. The number of benzene rings is 1. The van der Waals surface area contributed by atoms with Crippen LogP contribution in [0.15, 0.2) is 24.3 Å². The largest absolute Gasteiger partial charge is 0.393 e. The third-order valence-electron chi connectivity index (χ3n) is 6.63. The number of hydrogen-bond donors (Lipinski definition) is 1. The third kappa shape index (κ3) is 3.28. The number of nitrogens with zero attached hydrogens (tertiary/aromatic N) is 2. The van der Waals surface area contributed by atoms with E-state index in [9.17, 15) is 9.90 Å². The van der Waals surface area contributed by atoms with E-state index < -0.39 is 0 Å². The van der Waals surface area contributed by atoms with E-state index in [0.717, 1.165) is 31.4 Å². The van der Waals surface area contributed by atoms with Crippen molar-refractivity contribution in [3.05, 3.63) is 35.4 Å². The Balaban J connectivity index is 1.46. The Morgan fingerprint density at radius 2 is 1.92 bits per heavy atom. The minimum absolute atomic E-state index is 0.0203. The van der Waals surface area contributed by atoms with Crippen LogP contribution < -0.4 is 0 Å². The minimum atomic E-state index is -0.334. The summed E-state index contributed by atoms with van der Waals surface area (Å²) in [6.45, 7) is 4.04. The zero-order valence-corrected chi connectivity index (χ0v) is 15.7. The number of aliphatic hydroxyl groups is 1. The van der Waals surface area contributed by atoms with Crippen LogP contribution in [-0.4, -0.2) is 65.3 Å². The van der Waals surface area contributed by atoms with Crippen LogP contribution in [-0.2, 0) is 11.3 Å². The molecule has 0 spiro atoms. The number of methoxy groups -OCH3 is 1. The predicted molar refractivity (Wildman–Crippen MR) is 100.0 cm³/mol. The molecule has 3 aliphatic rings. The lowest BCUT2D eigenvalue weighted by atomic mass is 9.79. The summed E-state index contributed by atoms with van der Waals surface area (Å²) < 4.78 is 5.85. The fourth-order valence-electron chi connectivity index (χ4n) is 5.04. The normalized spacial score (nSPS) is 32.0. The molecule has 0 aromatic heterocycles. The fourth-order valence-corrected chi connectivity index (χ4v) is 5.04. The molecule has 2 saturated heterocycles. The maximum absolute atomic E-state index is 13.1. The van der Waals surface area contributed by atoms with E-state index in [1.807, 2.05) is 17.0 Å². The third-order valence-corrected chi connectivity index (χ3v) is 6.63. The lowest BCUT2D eigenvalue weighted by Gasteiger charge is -2.42. The number of aliphatic hydroxyl groups excluding tert-OH is 1. The van der Waals surface area contributed by atoms with Gasteiger partial charge in [-0.2, -0.15) is 0 Å². The summed E-state index contributed by atoms with van der Waals surface area (Å²) in [4.78, 5) is 17.5. The van der Waals surface area contributed by atoms with Gasteiger partial charge in [0.2, 0.25) is 0 Å². The predicted octanol–water partition coefficient (Wildman–Crippen LogP) is 2.43. The van der Waals surface area contributed by atoms with Crippen LogP contribution in [0.5, 0.6) is 0 Å². The summed E-state index contributed by atoms with van der Waals surface area (Å²) in [6.07, 6.45) is 5.32. The van der Waals surface area contributed by atoms with Gasteiger partial charge in [-0.05, 0) is 69.3 Å². The van der Waals surface area contributed by atoms with Gasteiger partial charge >= 0.3 is 0 Å². The molecule has 1 saturated carbocycles. The van der Waals surface area contributed by atoms with Gasteiger partial charge in [0.05, 0.1) is 17.7 Å². The second-order valence-electron chi connectivity index (χ2n) is 8.14. The standard InChI is InChI=1S/C21H30N2O3/c1-26-21-9-8-18(24)14-19(21)23(13-10-21)20(25)17-6-4-16(5-7-17)15-22-11-2-3-12-22/h4-7,18-19,24H,2-3,8-15H2,1H3/t18-,19+,21-/m0/s1. The van der Waals surface area contributed by atoms with Gasteiger partial charge in [0, 0.05) is 25.8 Å². The summed E-state index contributed by atoms with van der Waals surface area (Å²) in [7, 11) is 1.74. The molecular formula is C21H30N2O3. The van der Waals surface area contributed by atoms with Gasteiger partial charge in [0.15, 0.2) is 0 Å². The second-order valence-corrected chi connectivity index (χ2v) is 8.14. The van der Waals surface area contributed by atoms with Gasteiger partial charge in [-0.1, -0.05) is 12.1 Å². The highest BCUT2D eigenvalue weighted by atomic mass is 16.5. The Morgan fingerprint density at radius 3 is 2.62 bits per heavy atom. The number of ether oxygens (including phenoxy) is 1. The monoisotopic (exact) mass is 358 g/mol. The number of hydrogen-bond acceptors (Lipinski definition) is 4. The van der Waals surface area contributed by atoms with Crippen LogP contribution in [0.4, 0.5) is 0 Å². The number of carbonyl (C=O) groups is 1. The molecule has 3 fully saturated rings. The average Bonchev–Trinajstić information content (AvgIpc) is 3.30. The minimum Gasteiger partial charge on any atom is -0.393 e. The summed E-state index contributed by atoms with van der Waals surface area (Å²) in [5.41, 5.74) is 1.73. The number of rotatable bonds is 4. The van der Waals surface area contributed by atoms with Crippen molar-refractivity contribution in [2.24, 2.45) is 0 Å². The van der Waals surface area contributed by atoms with Crippen LogP contribution in [0.3, 0.4) is 0 Å². The van der Waals surface area contributed by atoms with E-state index in [0.29, 0.717) is 13.0 Å². The molecule has 5 nitrogen and oxygen atoms in total. The number of fused-ring (bicyclic) bond motifs is 1. The van der Waals surface area contributed by atoms with Crippen LogP contribution in [0.2, 0.25) is 0 Å². The highest BCUT2D eigenvalue weighted by Gasteiger charge is 2.52. The van der Waals surface area contributed by atoms with Gasteiger partial charge in [-0.15, -0.1) is 0 Å². The molecule has 2 aliphatic heterocycles. The molecule has 1 aromatic rings. The van der Waals surface area contributed by atoms with Gasteiger partial charge in [-0.25, -0.2) is 0 Å². The first-order chi connectivity index (χ1) is 12.6. The zero-order valence-electron chi connectivity index (χ0n) is 15.7. The molecule has 1 aliphatic carbocycles. The van der Waals surface area contributed by atoms with E-state index in [-0.39, 0.29) is 23.7 Å². The maximum Gasteiger partial charge on any atom is 0.254 e. The van der Waals surface area contributed by atoms with Crippen LogP contribution in [0, 0.1) is 0 Å². The molecule has 0 bridgehead atoms. The molecule has 0 unspecified atom stereocenters. The molecule has 2 heterocycles. The summed E-state index contributed by atoms with van der Waals surface area (Å²) in [5, 5.41) is 10.1. The van der Waals surface area contributed by atoms with E-state index in [1.165, 1.54) is 31.5 Å². The lowest BCUT2D eigenvalue weighted by Crippen LogP contribution is -2.52. The van der Waals surface area contributed by atoms with Crippen molar-refractivity contribution in [1.82, 2.24) is 9.80 Å².